The first-order valence-corrected chi connectivity index (χ1v) is 10.7. The topological polar surface area (TPSA) is 163 Å². The molecular formula is C23H19F6N7O3. The van der Waals surface area contributed by atoms with Crippen molar-refractivity contribution < 1.29 is 40.7 Å². The van der Waals surface area contributed by atoms with Crippen molar-refractivity contribution in [2.75, 3.05) is 5.73 Å². The minimum Gasteiger partial charge on any atom is -0.427 e. The molecule has 0 aliphatic heterocycles. The van der Waals surface area contributed by atoms with Gasteiger partial charge in [0.25, 0.3) is 5.91 Å². The van der Waals surface area contributed by atoms with Crippen LogP contribution in [0.15, 0.2) is 36.8 Å². The van der Waals surface area contributed by atoms with Crippen molar-refractivity contribution in [2.24, 2.45) is 5.73 Å². The minimum absolute atomic E-state index is 0.0257. The number of alkyl halides is 6. The molecule has 2 heterocycles. The molecule has 0 aliphatic rings. The van der Waals surface area contributed by atoms with Gasteiger partial charge in [0.2, 0.25) is 0 Å². The van der Waals surface area contributed by atoms with Crippen LogP contribution in [0.25, 0.3) is 22.5 Å². The predicted octanol–water partition coefficient (Wildman–Crippen LogP) is 3.50. The lowest BCUT2D eigenvalue weighted by molar-refractivity contribution is -0.280. The number of hydrogen-bond acceptors (Lipinski definition) is 8. The highest BCUT2D eigenvalue weighted by Crippen LogP contribution is 2.45. The molecule has 2 aromatic heterocycles. The molecule has 16 heteroatoms. The van der Waals surface area contributed by atoms with Gasteiger partial charge in [-0.3, -0.25) is 9.48 Å². The third-order valence-corrected chi connectivity index (χ3v) is 5.65. The van der Waals surface area contributed by atoms with E-state index in [9.17, 15) is 41.2 Å². The van der Waals surface area contributed by atoms with Gasteiger partial charge in [-0.05, 0) is 32.4 Å². The Morgan fingerprint density at radius 3 is 2.28 bits per heavy atom. The molecular weight excluding hydrogens is 536 g/mol. The van der Waals surface area contributed by atoms with Gasteiger partial charge in [0, 0.05) is 22.9 Å². The summed E-state index contributed by atoms with van der Waals surface area (Å²) in [4.78, 5) is 31.8. The number of nitrogen functional groups attached to an aromatic ring is 1. The molecule has 1 aromatic carbocycles. The molecule has 0 spiro atoms. The summed E-state index contributed by atoms with van der Waals surface area (Å²) >= 11 is 0. The van der Waals surface area contributed by atoms with Crippen LogP contribution in [-0.2, 0) is 25.5 Å². The second-order valence-corrected chi connectivity index (χ2v) is 8.79. The summed E-state index contributed by atoms with van der Waals surface area (Å²) < 4.78 is 86.0. The highest BCUT2D eigenvalue weighted by Gasteiger charge is 2.66. The number of carbonyl (C=O) groups excluding carboxylic acids is 2. The summed E-state index contributed by atoms with van der Waals surface area (Å²) in [5.74, 6) is -5.78. The maximum absolute atomic E-state index is 14.1. The number of anilines is 1. The van der Waals surface area contributed by atoms with Crippen LogP contribution in [-0.4, -0.2) is 44.0 Å². The van der Waals surface area contributed by atoms with Crippen LogP contribution < -0.4 is 11.5 Å². The minimum atomic E-state index is -5.88. The molecule has 0 aliphatic carbocycles. The quantitative estimate of drug-likeness (QED) is 0.345. The Labute approximate surface area is 216 Å². The van der Waals surface area contributed by atoms with E-state index < -0.39 is 40.9 Å². The van der Waals surface area contributed by atoms with Crippen molar-refractivity contribution in [1.29, 1.82) is 5.26 Å². The highest BCUT2D eigenvalue weighted by molar-refractivity contribution is 5.90. The van der Waals surface area contributed by atoms with Crippen LogP contribution >= 0.6 is 0 Å². The Morgan fingerprint density at radius 2 is 1.74 bits per heavy atom. The van der Waals surface area contributed by atoms with Gasteiger partial charge in [-0.25, -0.2) is 14.8 Å². The normalized spacial score (nSPS) is 13.8. The Bertz CT molecular complexity index is 1490. The van der Waals surface area contributed by atoms with Crippen LogP contribution in [0.4, 0.5) is 32.2 Å². The lowest BCUT2D eigenvalue weighted by Crippen LogP contribution is -2.57. The van der Waals surface area contributed by atoms with Crippen molar-refractivity contribution in [3.05, 3.63) is 47.9 Å². The predicted molar refractivity (Wildman–Crippen MR) is 122 cm³/mol. The zero-order valence-corrected chi connectivity index (χ0v) is 20.3. The smallest absolute Gasteiger partial charge is 0.427 e. The van der Waals surface area contributed by atoms with Gasteiger partial charge >= 0.3 is 23.9 Å². The number of ether oxygens (including phenoxy) is 1. The van der Waals surface area contributed by atoms with Crippen molar-refractivity contribution in [1.82, 2.24) is 19.7 Å². The zero-order valence-electron chi connectivity index (χ0n) is 20.3. The first-order valence-electron chi connectivity index (χ1n) is 10.7. The second-order valence-electron chi connectivity index (χ2n) is 8.79. The lowest BCUT2D eigenvalue weighted by Gasteiger charge is -2.33. The van der Waals surface area contributed by atoms with Crippen LogP contribution in [0.3, 0.4) is 0 Å². The highest BCUT2D eigenvalue weighted by atomic mass is 19.4. The fraction of sp³-hybridized carbons (Fsp3) is 0.304. The van der Waals surface area contributed by atoms with Gasteiger partial charge in [-0.1, -0.05) is 12.1 Å². The first kappa shape index (κ1) is 28.9. The Morgan fingerprint density at radius 1 is 1.10 bits per heavy atom. The second kappa shape index (κ2) is 9.57. The van der Waals surface area contributed by atoms with Gasteiger partial charge in [-0.15, -0.1) is 0 Å². The molecule has 1 unspecified atom stereocenters. The molecule has 10 nitrogen and oxygen atoms in total. The number of primary amides is 1. The molecule has 206 valence electrons. The van der Waals surface area contributed by atoms with Gasteiger partial charge < -0.3 is 16.2 Å². The number of nitriles is 1. The summed E-state index contributed by atoms with van der Waals surface area (Å²) in [5, 5.41) is 13.4. The molecule has 0 fully saturated rings. The van der Waals surface area contributed by atoms with E-state index in [2.05, 4.69) is 19.8 Å². The standard InChI is InChI=1S/C23H19F6N7O3/c1-11-4-5-13(21(18(32)37,23(27,28)29)39-19(38)22(24,25)26)6-14(11)15-8-33-17(31)16(35-15)12-7-34-36(9-12)20(2,3)10-30/h4-9H,1-3H3,(H2,31,33)(H2,32,37). The largest absolute Gasteiger partial charge is 0.490 e. The van der Waals surface area contributed by atoms with Crippen LogP contribution in [0, 0.1) is 18.3 Å². The van der Waals surface area contributed by atoms with E-state index in [4.69, 9.17) is 11.5 Å². The van der Waals surface area contributed by atoms with Crippen molar-refractivity contribution in [3.8, 4) is 28.6 Å². The first-order chi connectivity index (χ1) is 17.8. The Hall–Kier alpha value is -4.68. The van der Waals surface area contributed by atoms with Crippen LogP contribution in [0.2, 0.25) is 0 Å². The van der Waals surface area contributed by atoms with Gasteiger partial charge in [0.1, 0.15) is 17.1 Å². The fourth-order valence-electron chi connectivity index (χ4n) is 3.47. The zero-order chi connectivity index (χ0) is 29.6. The van der Waals surface area contributed by atoms with Gasteiger partial charge in [0.15, 0.2) is 0 Å². The lowest BCUT2D eigenvalue weighted by atomic mass is 9.88. The number of aromatic nitrogens is 4. The molecule has 0 saturated carbocycles. The summed E-state index contributed by atoms with van der Waals surface area (Å²) in [6.07, 6.45) is -7.90. The summed E-state index contributed by atoms with van der Waals surface area (Å²) in [6, 6.07) is 4.41. The number of nitrogens with zero attached hydrogens (tertiary/aromatic N) is 5. The average molecular weight is 555 g/mol. The third-order valence-electron chi connectivity index (χ3n) is 5.65. The van der Waals surface area contributed by atoms with Crippen molar-refractivity contribution in [3.63, 3.8) is 0 Å². The fourth-order valence-corrected chi connectivity index (χ4v) is 3.47. The number of esters is 1. The van der Waals surface area contributed by atoms with Crippen LogP contribution in [0.1, 0.15) is 25.0 Å². The molecule has 0 radical (unpaired) electrons. The number of hydrogen-bond donors (Lipinski definition) is 2. The van der Waals surface area contributed by atoms with E-state index in [-0.39, 0.29) is 28.3 Å². The Kier molecular flexibility index (Phi) is 7.08. The molecule has 3 rings (SSSR count). The Balaban J connectivity index is 2.22. The van der Waals surface area contributed by atoms with E-state index in [1.807, 2.05) is 6.07 Å². The third kappa shape index (κ3) is 5.19. The molecule has 1 atom stereocenters. The number of rotatable bonds is 6. The molecule has 1 amide bonds. The van der Waals surface area contributed by atoms with Gasteiger partial charge in [0.05, 0.1) is 24.2 Å². The molecule has 3 aromatic rings. The van der Waals surface area contributed by atoms with E-state index >= 15 is 0 Å². The maximum atomic E-state index is 14.1. The molecule has 0 bridgehead atoms. The number of nitrogens with two attached hydrogens (primary N) is 2. The number of halogens is 6. The summed E-state index contributed by atoms with van der Waals surface area (Å²) in [5.41, 5.74) is 4.45. The van der Waals surface area contributed by atoms with Crippen LogP contribution in [0.5, 0.6) is 0 Å². The summed E-state index contributed by atoms with van der Waals surface area (Å²) in [6.45, 7) is 4.61. The van der Waals surface area contributed by atoms with Gasteiger partial charge in [-0.2, -0.15) is 36.7 Å². The molecule has 4 N–H and O–H groups in total. The number of benzene rings is 1. The monoisotopic (exact) mass is 555 g/mol. The van der Waals surface area contributed by atoms with E-state index in [0.29, 0.717) is 17.7 Å². The van der Waals surface area contributed by atoms with E-state index in [1.54, 1.807) is 13.8 Å². The van der Waals surface area contributed by atoms with E-state index in [1.165, 1.54) is 24.0 Å². The number of carbonyl (C=O) groups is 2. The number of amides is 1. The van der Waals surface area contributed by atoms with E-state index in [0.717, 1.165) is 12.3 Å². The van der Waals surface area contributed by atoms with Crippen molar-refractivity contribution >= 4 is 17.7 Å². The molecule has 0 saturated heterocycles. The number of aryl methyl sites for hydroxylation is 1. The average Bonchev–Trinajstić information content (AvgIpc) is 3.32. The SMILES string of the molecule is Cc1ccc(C(OC(=O)C(F)(F)F)(C(N)=O)C(F)(F)F)cc1-c1cnc(N)c(-c2cnn(C(C)(C)C#N)c2)n1. The van der Waals surface area contributed by atoms with Crippen molar-refractivity contribution in [2.45, 2.75) is 44.3 Å². The molecule has 39 heavy (non-hydrogen) atoms. The maximum Gasteiger partial charge on any atom is 0.490 e. The summed E-state index contributed by atoms with van der Waals surface area (Å²) in [7, 11) is 0.